The number of rotatable bonds is 4. The maximum Gasteiger partial charge on any atom is 0.291 e. The summed E-state index contributed by atoms with van der Waals surface area (Å²) in [5, 5.41) is 8.69. The number of aromatic nitrogens is 3. The van der Waals surface area contributed by atoms with E-state index in [1.807, 2.05) is 48.5 Å². The van der Waals surface area contributed by atoms with E-state index in [9.17, 15) is 9.59 Å². The number of H-pyrrole nitrogens is 1. The molecule has 4 aromatic rings. The van der Waals surface area contributed by atoms with Gasteiger partial charge in [0.2, 0.25) is 5.91 Å². The topological polar surface area (TPSA) is 79.8 Å². The largest absolute Gasteiger partial charge is 0.350 e. The zero-order valence-corrected chi connectivity index (χ0v) is 14.3. The lowest BCUT2D eigenvalue weighted by Gasteiger charge is -2.08. The third kappa shape index (κ3) is 2.86. The summed E-state index contributed by atoms with van der Waals surface area (Å²) in [5.74, 6) is -0.289. The van der Waals surface area contributed by atoms with Crippen LogP contribution in [0.3, 0.4) is 0 Å². The summed E-state index contributed by atoms with van der Waals surface area (Å²) in [4.78, 5) is 28.1. The van der Waals surface area contributed by atoms with Crippen molar-refractivity contribution in [3.63, 3.8) is 0 Å². The zero-order valence-electron chi connectivity index (χ0n) is 14.3. The minimum absolute atomic E-state index is 0.138. The Kier molecular flexibility index (Phi) is 4.01. The first-order valence-corrected chi connectivity index (χ1v) is 8.51. The molecule has 0 radical (unpaired) electrons. The van der Waals surface area contributed by atoms with Gasteiger partial charge in [-0.1, -0.05) is 37.3 Å². The lowest BCUT2D eigenvalue weighted by atomic mass is 10.1. The molecular weight excluding hydrogens is 328 g/mol. The fourth-order valence-corrected chi connectivity index (χ4v) is 3.09. The molecule has 2 heterocycles. The first-order chi connectivity index (χ1) is 12.7. The maximum absolute atomic E-state index is 12.7. The van der Waals surface area contributed by atoms with E-state index in [1.165, 1.54) is 4.68 Å². The quantitative estimate of drug-likeness (QED) is 0.596. The molecule has 0 saturated heterocycles. The van der Waals surface area contributed by atoms with Gasteiger partial charge in [-0.3, -0.25) is 9.59 Å². The summed E-state index contributed by atoms with van der Waals surface area (Å²) in [6.45, 7) is 1.92. The van der Waals surface area contributed by atoms with Crippen molar-refractivity contribution < 1.29 is 4.79 Å². The Hall–Kier alpha value is -3.41. The lowest BCUT2D eigenvalue weighted by Crippen LogP contribution is -2.29. The molecule has 26 heavy (non-hydrogen) atoms. The molecule has 0 aliphatic heterocycles. The summed E-state index contributed by atoms with van der Waals surface area (Å²) in [5.41, 5.74) is 2.88. The van der Waals surface area contributed by atoms with E-state index in [2.05, 4.69) is 22.3 Å². The van der Waals surface area contributed by atoms with Crippen molar-refractivity contribution in [2.75, 3.05) is 5.32 Å². The number of carbonyl (C=O) groups is 1. The predicted molar refractivity (Wildman–Crippen MR) is 102 cm³/mol. The van der Waals surface area contributed by atoms with E-state index in [1.54, 1.807) is 6.20 Å². The van der Waals surface area contributed by atoms with Crippen molar-refractivity contribution in [3.05, 3.63) is 70.6 Å². The number of benzene rings is 2. The number of nitrogens with one attached hydrogen (secondary N) is 2. The van der Waals surface area contributed by atoms with Crippen molar-refractivity contribution in [3.8, 4) is 0 Å². The number of aryl methyl sites for hydroxylation is 1. The Morgan fingerprint density at radius 2 is 2.00 bits per heavy atom. The number of fused-ring (bicyclic) bond motifs is 3. The van der Waals surface area contributed by atoms with Crippen LogP contribution in [-0.2, 0) is 17.8 Å². The van der Waals surface area contributed by atoms with Gasteiger partial charge in [0, 0.05) is 22.0 Å². The second-order valence-electron chi connectivity index (χ2n) is 6.17. The highest BCUT2D eigenvalue weighted by Gasteiger charge is 2.12. The molecule has 2 N–H and O–H groups in total. The molecule has 0 aliphatic rings. The Labute approximate surface area is 149 Å². The van der Waals surface area contributed by atoms with Gasteiger partial charge in [0.25, 0.3) is 5.56 Å². The van der Waals surface area contributed by atoms with Crippen molar-refractivity contribution in [2.24, 2.45) is 0 Å². The number of carbonyl (C=O) groups excluding carboxylic acids is 1. The lowest BCUT2D eigenvalue weighted by molar-refractivity contribution is -0.117. The van der Waals surface area contributed by atoms with Gasteiger partial charge in [0.1, 0.15) is 12.1 Å². The molecule has 0 unspecified atom stereocenters. The zero-order chi connectivity index (χ0) is 18.1. The monoisotopic (exact) mass is 346 g/mol. The van der Waals surface area contributed by atoms with Crippen molar-refractivity contribution in [1.82, 2.24) is 14.8 Å². The molecule has 6 nitrogen and oxygen atoms in total. The summed E-state index contributed by atoms with van der Waals surface area (Å²) >= 11 is 0. The summed E-state index contributed by atoms with van der Waals surface area (Å²) < 4.78 is 1.18. The van der Waals surface area contributed by atoms with Crippen LogP contribution in [0.5, 0.6) is 0 Å². The average Bonchev–Trinajstić information content (AvgIpc) is 3.04. The third-order valence-electron chi connectivity index (χ3n) is 4.43. The second-order valence-corrected chi connectivity index (χ2v) is 6.17. The van der Waals surface area contributed by atoms with Crippen LogP contribution in [0.1, 0.15) is 12.5 Å². The normalized spacial score (nSPS) is 11.1. The van der Waals surface area contributed by atoms with Gasteiger partial charge in [-0.2, -0.15) is 5.10 Å². The van der Waals surface area contributed by atoms with Crippen LogP contribution >= 0.6 is 0 Å². The van der Waals surface area contributed by atoms with E-state index in [4.69, 9.17) is 0 Å². The molecule has 0 aliphatic carbocycles. The van der Waals surface area contributed by atoms with E-state index < -0.39 is 0 Å². The molecule has 0 fully saturated rings. The summed E-state index contributed by atoms with van der Waals surface area (Å²) in [6.07, 6.45) is 2.52. The third-order valence-corrected chi connectivity index (χ3v) is 4.43. The van der Waals surface area contributed by atoms with Crippen LogP contribution in [0.4, 0.5) is 5.69 Å². The maximum atomic E-state index is 12.7. The number of amides is 1. The SMILES string of the molecule is CCc1cccc(NC(=O)Cn2ncc3c([nH]c4ccccc43)c2=O)c1. The van der Waals surface area contributed by atoms with Crippen LogP contribution in [0.15, 0.2) is 59.5 Å². The number of para-hydroxylation sites is 1. The highest BCUT2D eigenvalue weighted by Crippen LogP contribution is 2.21. The molecule has 4 rings (SSSR count). The fourth-order valence-electron chi connectivity index (χ4n) is 3.09. The van der Waals surface area contributed by atoms with Crippen LogP contribution in [-0.4, -0.2) is 20.7 Å². The smallest absolute Gasteiger partial charge is 0.291 e. The Balaban J connectivity index is 1.62. The number of hydrogen-bond donors (Lipinski definition) is 2. The minimum atomic E-state index is -0.309. The van der Waals surface area contributed by atoms with Crippen LogP contribution in [0.2, 0.25) is 0 Å². The molecule has 130 valence electrons. The number of hydrogen-bond acceptors (Lipinski definition) is 3. The first kappa shape index (κ1) is 16.1. The Morgan fingerprint density at radius 1 is 1.15 bits per heavy atom. The molecular formula is C20H18N4O2. The molecule has 2 aromatic carbocycles. The van der Waals surface area contributed by atoms with E-state index in [0.717, 1.165) is 28.3 Å². The van der Waals surface area contributed by atoms with Gasteiger partial charge in [-0.05, 0) is 30.2 Å². The van der Waals surface area contributed by atoms with Crippen molar-refractivity contribution >= 4 is 33.4 Å². The molecule has 1 amide bonds. The average molecular weight is 346 g/mol. The van der Waals surface area contributed by atoms with Gasteiger partial charge in [-0.25, -0.2) is 4.68 Å². The summed E-state index contributed by atoms with van der Waals surface area (Å²) in [7, 11) is 0. The van der Waals surface area contributed by atoms with Crippen LogP contribution in [0.25, 0.3) is 21.8 Å². The van der Waals surface area contributed by atoms with Gasteiger partial charge >= 0.3 is 0 Å². The highest BCUT2D eigenvalue weighted by molar-refractivity contribution is 6.06. The van der Waals surface area contributed by atoms with Gasteiger partial charge in [0.15, 0.2) is 0 Å². The van der Waals surface area contributed by atoms with Crippen molar-refractivity contribution in [1.29, 1.82) is 0 Å². The number of aromatic amines is 1. The van der Waals surface area contributed by atoms with Crippen molar-refractivity contribution in [2.45, 2.75) is 19.9 Å². The molecule has 6 heteroatoms. The van der Waals surface area contributed by atoms with Crippen LogP contribution in [0, 0.1) is 0 Å². The molecule has 2 aromatic heterocycles. The minimum Gasteiger partial charge on any atom is -0.350 e. The first-order valence-electron chi connectivity index (χ1n) is 8.51. The fraction of sp³-hybridized carbons (Fsp3) is 0.150. The standard InChI is InChI=1S/C20H18N4O2/c1-2-13-6-5-7-14(10-13)22-18(25)12-24-20(26)19-16(11-21-24)15-8-3-4-9-17(15)23-19/h3-11,23H,2,12H2,1H3,(H,22,25). The number of anilines is 1. The van der Waals surface area contributed by atoms with Gasteiger partial charge < -0.3 is 10.3 Å². The van der Waals surface area contributed by atoms with E-state index in [0.29, 0.717) is 11.2 Å². The van der Waals surface area contributed by atoms with E-state index >= 15 is 0 Å². The predicted octanol–water partition coefficient (Wildman–Crippen LogP) is 3.08. The second kappa shape index (κ2) is 6.48. The molecule has 0 atom stereocenters. The number of nitrogens with zero attached hydrogens (tertiary/aromatic N) is 2. The van der Waals surface area contributed by atoms with Gasteiger partial charge in [-0.15, -0.1) is 0 Å². The Bertz CT molecular complexity index is 1170. The molecule has 0 bridgehead atoms. The van der Waals surface area contributed by atoms with Crippen LogP contribution < -0.4 is 10.9 Å². The highest BCUT2D eigenvalue weighted by atomic mass is 16.2. The molecule has 0 spiro atoms. The Morgan fingerprint density at radius 3 is 2.85 bits per heavy atom. The molecule has 0 saturated carbocycles. The summed E-state index contributed by atoms with van der Waals surface area (Å²) in [6, 6.07) is 15.3. The van der Waals surface area contributed by atoms with Gasteiger partial charge in [0.05, 0.1) is 6.20 Å². The van der Waals surface area contributed by atoms with E-state index in [-0.39, 0.29) is 18.0 Å².